The molecule has 0 radical (unpaired) electrons. The summed E-state index contributed by atoms with van der Waals surface area (Å²) in [6.07, 6.45) is 1.26. The first-order valence-electron chi connectivity index (χ1n) is 6.30. The van der Waals surface area contributed by atoms with Crippen LogP contribution in [0.5, 0.6) is 0 Å². The Balaban J connectivity index is 2.30. The minimum atomic E-state index is -0.266. The fourth-order valence-corrected chi connectivity index (χ4v) is 2.80. The monoisotopic (exact) mass is 376 g/mol. The number of carbonyl (C=O) groups is 1. The molecule has 1 heterocycles. The van der Waals surface area contributed by atoms with Gasteiger partial charge in [-0.15, -0.1) is 0 Å². The maximum atomic E-state index is 13.6. The number of carbonyl (C=O) groups excluding carboxylic acids is 1. The van der Waals surface area contributed by atoms with Gasteiger partial charge in [-0.1, -0.05) is 20.8 Å². The lowest BCUT2D eigenvalue weighted by Gasteiger charge is -2.25. The van der Waals surface area contributed by atoms with E-state index in [1.54, 1.807) is 6.07 Å². The number of benzene rings is 1. The highest BCUT2D eigenvalue weighted by atomic mass is 127. The largest absolute Gasteiger partial charge is 0.380 e. The van der Waals surface area contributed by atoms with Crippen LogP contribution < -0.4 is 10.6 Å². The van der Waals surface area contributed by atoms with E-state index in [1.807, 2.05) is 22.6 Å². The van der Waals surface area contributed by atoms with Crippen molar-refractivity contribution in [1.82, 2.24) is 0 Å². The van der Waals surface area contributed by atoms with Gasteiger partial charge in [-0.3, -0.25) is 4.79 Å². The SMILES string of the molecule is CC(C)(C)CC1CC(=O)Nc2cc(I)c(F)cc2N1. The first-order chi connectivity index (χ1) is 8.74. The van der Waals surface area contributed by atoms with Crippen molar-refractivity contribution in [3.05, 3.63) is 21.5 Å². The lowest BCUT2D eigenvalue weighted by molar-refractivity contribution is -0.116. The van der Waals surface area contributed by atoms with Crippen LogP contribution in [0.3, 0.4) is 0 Å². The Hall–Kier alpha value is -0.850. The molecule has 0 saturated heterocycles. The minimum absolute atomic E-state index is 0.0251. The smallest absolute Gasteiger partial charge is 0.226 e. The van der Waals surface area contributed by atoms with Crippen LogP contribution in [-0.4, -0.2) is 11.9 Å². The number of halogens is 2. The molecule has 2 rings (SSSR count). The highest BCUT2D eigenvalue weighted by Crippen LogP contribution is 2.32. The molecule has 0 aliphatic carbocycles. The van der Waals surface area contributed by atoms with E-state index >= 15 is 0 Å². The van der Waals surface area contributed by atoms with Crippen molar-refractivity contribution in [2.75, 3.05) is 10.6 Å². The van der Waals surface area contributed by atoms with Gasteiger partial charge in [-0.05, 0) is 40.5 Å². The second-order valence-corrected chi connectivity index (χ2v) is 7.33. The number of amides is 1. The summed E-state index contributed by atoms with van der Waals surface area (Å²) in [6.45, 7) is 6.40. The molecule has 1 amide bonds. The third-order valence-electron chi connectivity index (χ3n) is 2.98. The first-order valence-corrected chi connectivity index (χ1v) is 7.38. The molecule has 1 aliphatic rings. The summed E-state index contributed by atoms with van der Waals surface area (Å²) in [4.78, 5) is 11.9. The number of nitrogens with one attached hydrogen (secondary N) is 2. The summed E-state index contributed by atoms with van der Waals surface area (Å²) < 4.78 is 14.1. The Kier molecular flexibility index (Phi) is 4.03. The molecule has 0 saturated carbocycles. The number of fused-ring (bicyclic) bond motifs is 1. The van der Waals surface area contributed by atoms with E-state index in [4.69, 9.17) is 0 Å². The topological polar surface area (TPSA) is 41.1 Å². The zero-order valence-electron chi connectivity index (χ0n) is 11.3. The Morgan fingerprint density at radius 3 is 2.68 bits per heavy atom. The van der Waals surface area contributed by atoms with Gasteiger partial charge in [0.2, 0.25) is 5.91 Å². The van der Waals surface area contributed by atoms with Crippen LogP contribution in [0.4, 0.5) is 15.8 Å². The quantitative estimate of drug-likeness (QED) is 0.728. The highest BCUT2D eigenvalue weighted by molar-refractivity contribution is 14.1. The molecule has 0 aromatic heterocycles. The van der Waals surface area contributed by atoms with Crippen LogP contribution >= 0.6 is 22.6 Å². The third-order valence-corrected chi connectivity index (χ3v) is 3.81. The molecule has 19 heavy (non-hydrogen) atoms. The van der Waals surface area contributed by atoms with Crippen molar-refractivity contribution in [3.8, 4) is 0 Å². The van der Waals surface area contributed by atoms with E-state index in [0.29, 0.717) is 21.4 Å². The van der Waals surface area contributed by atoms with E-state index in [1.165, 1.54) is 6.07 Å². The summed E-state index contributed by atoms with van der Waals surface area (Å²) in [6, 6.07) is 3.15. The highest BCUT2D eigenvalue weighted by Gasteiger charge is 2.25. The molecular formula is C14H18FIN2O. The molecule has 2 N–H and O–H groups in total. The van der Waals surface area contributed by atoms with Crippen LogP contribution in [0.15, 0.2) is 12.1 Å². The standard InChI is InChI=1S/C14H18FIN2O/c1-14(2,3)7-8-4-13(19)18-12-6-10(16)9(15)5-11(12)17-8/h5-6,8,17H,4,7H2,1-3H3,(H,18,19). The van der Waals surface area contributed by atoms with E-state index in [-0.39, 0.29) is 23.2 Å². The van der Waals surface area contributed by atoms with Crippen molar-refractivity contribution in [1.29, 1.82) is 0 Å². The van der Waals surface area contributed by atoms with Crippen LogP contribution in [0.2, 0.25) is 0 Å². The van der Waals surface area contributed by atoms with Gasteiger partial charge in [0.25, 0.3) is 0 Å². The maximum absolute atomic E-state index is 13.6. The molecule has 5 heteroatoms. The van der Waals surface area contributed by atoms with Gasteiger partial charge in [-0.2, -0.15) is 0 Å². The van der Waals surface area contributed by atoms with Gasteiger partial charge in [-0.25, -0.2) is 4.39 Å². The maximum Gasteiger partial charge on any atom is 0.226 e. The summed E-state index contributed by atoms with van der Waals surface area (Å²) >= 11 is 1.92. The Morgan fingerprint density at radius 2 is 2.05 bits per heavy atom. The van der Waals surface area contributed by atoms with E-state index < -0.39 is 0 Å². The van der Waals surface area contributed by atoms with Crippen molar-refractivity contribution < 1.29 is 9.18 Å². The number of rotatable bonds is 1. The van der Waals surface area contributed by atoms with Gasteiger partial charge in [0.1, 0.15) is 5.82 Å². The molecule has 1 aromatic carbocycles. The molecule has 0 fully saturated rings. The molecule has 104 valence electrons. The van der Waals surface area contributed by atoms with Gasteiger partial charge in [0.15, 0.2) is 0 Å². The van der Waals surface area contributed by atoms with Gasteiger partial charge < -0.3 is 10.6 Å². The van der Waals surface area contributed by atoms with Crippen LogP contribution in [-0.2, 0) is 4.79 Å². The molecule has 1 aromatic rings. The second kappa shape index (κ2) is 5.26. The van der Waals surface area contributed by atoms with E-state index in [9.17, 15) is 9.18 Å². The fourth-order valence-electron chi connectivity index (χ4n) is 2.33. The van der Waals surface area contributed by atoms with Crippen molar-refractivity contribution in [2.24, 2.45) is 5.41 Å². The van der Waals surface area contributed by atoms with Crippen LogP contribution in [0, 0.1) is 14.8 Å². The summed E-state index contributed by atoms with van der Waals surface area (Å²) in [7, 11) is 0. The van der Waals surface area contributed by atoms with Crippen molar-refractivity contribution in [3.63, 3.8) is 0 Å². The average Bonchev–Trinajstić information content (AvgIpc) is 2.35. The summed E-state index contributed by atoms with van der Waals surface area (Å²) in [5.41, 5.74) is 1.44. The normalized spacial score (nSPS) is 19.2. The third kappa shape index (κ3) is 3.81. The van der Waals surface area contributed by atoms with E-state index in [2.05, 4.69) is 31.4 Å². The molecular weight excluding hydrogens is 358 g/mol. The van der Waals surface area contributed by atoms with Crippen molar-refractivity contribution in [2.45, 2.75) is 39.7 Å². The average molecular weight is 376 g/mol. The predicted molar refractivity (Wildman–Crippen MR) is 83.8 cm³/mol. The minimum Gasteiger partial charge on any atom is -0.380 e. The molecule has 1 unspecified atom stereocenters. The zero-order chi connectivity index (χ0) is 14.2. The molecule has 0 bridgehead atoms. The summed E-state index contributed by atoms with van der Waals surface area (Å²) in [5.74, 6) is -0.291. The number of hydrogen-bond acceptors (Lipinski definition) is 2. The first kappa shape index (κ1) is 14.6. The van der Waals surface area contributed by atoms with E-state index in [0.717, 1.165) is 6.42 Å². The second-order valence-electron chi connectivity index (χ2n) is 6.17. The lowest BCUT2D eigenvalue weighted by Crippen LogP contribution is -2.27. The zero-order valence-corrected chi connectivity index (χ0v) is 13.5. The van der Waals surface area contributed by atoms with Gasteiger partial charge in [0.05, 0.1) is 14.9 Å². The Morgan fingerprint density at radius 1 is 1.37 bits per heavy atom. The fraction of sp³-hybridized carbons (Fsp3) is 0.500. The predicted octanol–water partition coefficient (Wildman–Crippen LogP) is 3.99. The molecule has 0 spiro atoms. The number of hydrogen-bond donors (Lipinski definition) is 2. The molecule has 3 nitrogen and oxygen atoms in total. The number of anilines is 2. The summed E-state index contributed by atoms with van der Waals surface area (Å²) in [5, 5.41) is 6.12. The Labute approximate surface area is 126 Å². The molecule has 1 atom stereocenters. The van der Waals surface area contributed by atoms with Crippen molar-refractivity contribution >= 4 is 39.9 Å². The Bertz CT molecular complexity index is 511. The lowest BCUT2D eigenvalue weighted by atomic mass is 9.87. The van der Waals surface area contributed by atoms with Crippen LogP contribution in [0.1, 0.15) is 33.6 Å². The van der Waals surface area contributed by atoms with Crippen LogP contribution in [0.25, 0.3) is 0 Å². The van der Waals surface area contributed by atoms with Gasteiger partial charge in [0, 0.05) is 18.5 Å². The van der Waals surface area contributed by atoms with Gasteiger partial charge >= 0.3 is 0 Å². The molecule has 1 aliphatic heterocycles.